The third-order valence-electron chi connectivity index (χ3n) is 5.15. The van der Waals surface area contributed by atoms with E-state index in [1.54, 1.807) is 12.1 Å². The van der Waals surface area contributed by atoms with Gasteiger partial charge in [-0.25, -0.2) is 4.99 Å². The minimum atomic E-state index is -2.94. The molecule has 0 bridgehead atoms. The predicted octanol–water partition coefficient (Wildman–Crippen LogP) is 4.79. The molecule has 9 heteroatoms. The molecule has 0 spiro atoms. The van der Waals surface area contributed by atoms with Gasteiger partial charge in [0.25, 0.3) is 5.56 Å². The Morgan fingerprint density at radius 3 is 2.71 bits per heavy atom. The molecule has 0 radical (unpaired) electrons. The Hall–Kier alpha value is -2.29. The van der Waals surface area contributed by atoms with Gasteiger partial charge in [-0.1, -0.05) is 30.7 Å². The third kappa shape index (κ3) is 3.43. The summed E-state index contributed by atoms with van der Waals surface area (Å²) in [5, 5.41) is 3.51. The van der Waals surface area contributed by atoms with Gasteiger partial charge in [-0.05, 0) is 37.5 Å². The predicted molar refractivity (Wildman–Crippen MR) is 104 cm³/mol. The number of nitrogens with zero attached hydrogens (tertiary/aromatic N) is 2. The van der Waals surface area contributed by atoms with Crippen molar-refractivity contribution >= 4 is 22.6 Å². The summed E-state index contributed by atoms with van der Waals surface area (Å²) in [7, 11) is 1.40. The van der Waals surface area contributed by atoms with Gasteiger partial charge in [0.2, 0.25) is 0 Å². The van der Waals surface area contributed by atoms with Crippen LogP contribution in [0.1, 0.15) is 55.0 Å². The summed E-state index contributed by atoms with van der Waals surface area (Å²) in [5.41, 5.74) is 1.20. The number of aromatic amines is 1. The van der Waals surface area contributed by atoms with Crippen LogP contribution in [0, 0.1) is 0 Å². The Kier molecular flexibility index (Phi) is 5.18. The van der Waals surface area contributed by atoms with E-state index in [1.165, 1.54) is 24.9 Å². The van der Waals surface area contributed by atoms with E-state index >= 15 is 0 Å². The third-order valence-corrected chi connectivity index (χ3v) is 6.32. The maximum atomic E-state index is 12.8. The zero-order chi connectivity index (χ0) is 19.8. The van der Waals surface area contributed by atoms with Crippen molar-refractivity contribution < 1.29 is 18.3 Å². The summed E-state index contributed by atoms with van der Waals surface area (Å²) >= 11 is 1.46. The highest BCUT2D eigenvalue weighted by molar-refractivity contribution is 8.14. The van der Waals surface area contributed by atoms with Crippen molar-refractivity contribution in [3.8, 4) is 11.5 Å². The van der Waals surface area contributed by atoms with Crippen molar-refractivity contribution in [1.29, 1.82) is 0 Å². The molecule has 1 fully saturated rings. The number of halogens is 2. The fourth-order valence-electron chi connectivity index (χ4n) is 3.91. The molecule has 28 heavy (non-hydrogen) atoms. The van der Waals surface area contributed by atoms with E-state index in [1.807, 2.05) is 11.6 Å². The molecule has 4 rings (SSSR count). The standard InChI is InChI=1S/C19H21F2N3O3S/c1-10-22-17-15(18(25)23-24(17)12-5-3-4-6-12)16(28-10)11-7-8-13(27-19(20)21)14(9-11)26-2/h7-9,12,16,19H,3-6H2,1-2H3,(H,23,25). The van der Waals surface area contributed by atoms with Gasteiger partial charge in [0, 0.05) is 0 Å². The lowest BCUT2D eigenvalue weighted by atomic mass is 10.1. The summed E-state index contributed by atoms with van der Waals surface area (Å²) in [4.78, 5) is 17.4. The molecule has 0 saturated heterocycles. The Bertz CT molecular complexity index is 964. The van der Waals surface area contributed by atoms with Crippen LogP contribution in [-0.4, -0.2) is 28.5 Å². The molecule has 2 aromatic rings. The fraction of sp³-hybridized carbons (Fsp3) is 0.474. The number of H-pyrrole nitrogens is 1. The maximum absolute atomic E-state index is 12.8. The minimum Gasteiger partial charge on any atom is -0.493 e. The van der Waals surface area contributed by atoms with E-state index in [4.69, 9.17) is 4.74 Å². The van der Waals surface area contributed by atoms with Gasteiger partial charge in [-0.15, -0.1) is 0 Å². The molecule has 0 amide bonds. The van der Waals surface area contributed by atoms with Crippen LogP contribution in [0.4, 0.5) is 14.6 Å². The second-order valence-corrected chi connectivity index (χ2v) is 8.20. The number of aliphatic imine (C=N–C) groups is 1. The lowest BCUT2D eigenvalue weighted by molar-refractivity contribution is -0.0512. The zero-order valence-corrected chi connectivity index (χ0v) is 16.4. The summed E-state index contributed by atoms with van der Waals surface area (Å²) in [5.74, 6) is 0.835. The van der Waals surface area contributed by atoms with Crippen LogP contribution in [0.2, 0.25) is 0 Å². The van der Waals surface area contributed by atoms with E-state index in [0.717, 1.165) is 36.3 Å². The van der Waals surface area contributed by atoms with Crippen LogP contribution in [0.25, 0.3) is 0 Å². The second kappa shape index (κ2) is 7.62. The first-order valence-electron chi connectivity index (χ1n) is 9.17. The van der Waals surface area contributed by atoms with E-state index in [0.29, 0.717) is 11.4 Å². The van der Waals surface area contributed by atoms with E-state index < -0.39 is 6.61 Å². The first-order valence-corrected chi connectivity index (χ1v) is 10.0. The number of alkyl halides is 2. The topological polar surface area (TPSA) is 68.6 Å². The largest absolute Gasteiger partial charge is 0.493 e. The smallest absolute Gasteiger partial charge is 0.387 e. The summed E-state index contributed by atoms with van der Waals surface area (Å²) in [6, 6.07) is 5.04. The van der Waals surface area contributed by atoms with E-state index in [-0.39, 0.29) is 28.4 Å². The molecule has 1 unspecified atom stereocenters. The average molecular weight is 409 g/mol. The summed E-state index contributed by atoms with van der Waals surface area (Å²) in [6.07, 6.45) is 4.33. The number of fused-ring (bicyclic) bond motifs is 1. The van der Waals surface area contributed by atoms with Crippen LogP contribution in [0.3, 0.4) is 0 Å². The molecule has 150 valence electrons. The highest BCUT2D eigenvalue weighted by atomic mass is 32.2. The molecule has 1 aromatic heterocycles. The van der Waals surface area contributed by atoms with Gasteiger partial charge in [0.15, 0.2) is 17.3 Å². The highest BCUT2D eigenvalue weighted by Crippen LogP contribution is 2.46. The Morgan fingerprint density at radius 2 is 2.04 bits per heavy atom. The summed E-state index contributed by atoms with van der Waals surface area (Å²) in [6.45, 7) is -1.03. The first kappa shape index (κ1) is 19.0. The number of hydrogen-bond acceptors (Lipinski definition) is 5. The number of benzene rings is 1. The number of nitrogens with one attached hydrogen (secondary N) is 1. The van der Waals surface area contributed by atoms with Gasteiger partial charge >= 0.3 is 6.61 Å². The van der Waals surface area contributed by atoms with E-state index in [9.17, 15) is 13.6 Å². The lowest BCUT2D eigenvalue weighted by Gasteiger charge is -2.23. The molecular formula is C19H21F2N3O3S. The monoisotopic (exact) mass is 409 g/mol. The number of thioether (sulfide) groups is 1. The second-order valence-electron chi connectivity index (χ2n) is 6.90. The van der Waals surface area contributed by atoms with Gasteiger partial charge in [0.1, 0.15) is 0 Å². The maximum Gasteiger partial charge on any atom is 0.387 e. The summed E-state index contributed by atoms with van der Waals surface area (Å²) < 4.78 is 36.8. The molecule has 1 aliphatic carbocycles. The number of rotatable bonds is 5. The van der Waals surface area contributed by atoms with Crippen molar-refractivity contribution in [1.82, 2.24) is 9.78 Å². The van der Waals surface area contributed by atoms with E-state index in [2.05, 4.69) is 14.8 Å². The van der Waals surface area contributed by atoms with Crippen molar-refractivity contribution in [2.24, 2.45) is 4.99 Å². The van der Waals surface area contributed by atoms with Gasteiger partial charge in [-0.2, -0.15) is 8.78 Å². The Balaban J connectivity index is 1.77. The van der Waals surface area contributed by atoms with Crippen LogP contribution in [0.15, 0.2) is 28.0 Å². The van der Waals surface area contributed by atoms with Gasteiger partial charge in [-0.3, -0.25) is 14.6 Å². The van der Waals surface area contributed by atoms with Crippen molar-refractivity contribution in [2.45, 2.75) is 50.5 Å². The van der Waals surface area contributed by atoms with Crippen molar-refractivity contribution in [2.75, 3.05) is 7.11 Å². The molecule has 1 saturated carbocycles. The molecule has 1 atom stereocenters. The van der Waals surface area contributed by atoms with Crippen molar-refractivity contribution in [3.05, 3.63) is 39.7 Å². The van der Waals surface area contributed by atoms with Crippen LogP contribution in [-0.2, 0) is 0 Å². The fourth-order valence-corrected chi connectivity index (χ4v) is 5.00. The van der Waals surface area contributed by atoms with Crippen molar-refractivity contribution in [3.63, 3.8) is 0 Å². The number of methoxy groups -OCH3 is 1. The first-order chi connectivity index (χ1) is 13.5. The van der Waals surface area contributed by atoms with Crippen LogP contribution >= 0.6 is 11.8 Å². The van der Waals surface area contributed by atoms with Gasteiger partial charge < -0.3 is 9.47 Å². The molecule has 1 aliphatic heterocycles. The van der Waals surface area contributed by atoms with Crippen LogP contribution in [0.5, 0.6) is 11.5 Å². The highest BCUT2D eigenvalue weighted by Gasteiger charge is 2.33. The molecule has 2 aliphatic rings. The number of ether oxygens (including phenoxy) is 2. The molecule has 1 aromatic carbocycles. The molecule has 1 N–H and O–H groups in total. The SMILES string of the molecule is COc1cc(C2SC(C)=Nc3c2c(=O)[nH]n3C2CCCC2)ccc1OC(F)F. The average Bonchev–Trinajstić information content (AvgIpc) is 3.29. The molecule has 6 nitrogen and oxygen atoms in total. The molecular weight excluding hydrogens is 388 g/mol. The van der Waals surface area contributed by atoms with Crippen LogP contribution < -0.4 is 15.0 Å². The quantitative estimate of drug-likeness (QED) is 0.771. The number of hydrogen-bond donors (Lipinski definition) is 1. The Labute approximate surface area is 164 Å². The lowest BCUT2D eigenvalue weighted by Crippen LogP contribution is -2.14. The molecule has 2 heterocycles. The zero-order valence-electron chi connectivity index (χ0n) is 15.6. The normalized spacial score (nSPS) is 19.6. The van der Waals surface area contributed by atoms with Gasteiger partial charge in [0.05, 0.1) is 29.0 Å². The minimum absolute atomic E-state index is 0.0369. The number of aromatic nitrogens is 2. The Morgan fingerprint density at radius 1 is 1.29 bits per heavy atom.